The summed E-state index contributed by atoms with van der Waals surface area (Å²) in [6.07, 6.45) is 7.57. The minimum atomic E-state index is 0.592. The van der Waals surface area contributed by atoms with Crippen LogP contribution in [-0.4, -0.2) is 31.1 Å². The lowest BCUT2D eigenvalue weighted by Gasteiger charge is -2.32. The SMILES string of the molecule is C=C/C(=C(\C=C/C)C(C)CC)N1CCNCC1. The Morgan fingerprint density at radius 3 is 2.53 bits per heavy atom. The highest BCUT2D eigenvalue weighted by Gasteiger charge is 2.16. The normalized spacial score (nSPS) is 20.3. The molecule has 1 rings (SSSR count). The number of hydrogen-bond acceptors (Lipinski definition) is 2. The molecule has 17 heavy (non-hydrogen) atoms. The highest BCUT2D eigenvalue weighted by atomic mass is 15.2. The van der Waals surface area contributed by atoms with Crippen molar-refractivity contribution >= 4 is 0 Å². The molecule has 96 valence electrons. The van der Waals surface area contributed by atoms with E-state index in [2.05, 4.69) is 49.7 Å². The van der Waals surface area contributed by atoms with Gasteiger partial charge in [-0.05, 0) is 30.9 Å². The van der Waals surface area contributed by atoms with Crippen LogP contribution in [0, 0.1) is 5.92 Å². The molecule has 0 aliphatic carbocycles. The molecule has 1 N–H and O–H groups in total. The van der Waals surface area contributed by atoms with Crippen molar-refractivity contribution in [2.75, 3.05) is 26.2 Å². The predicted octanol–water partition coefficient (Wildman–Crippen LogP) is 2.95. The molecule has 0 aromatic heterocycles. The first-order valence-corrected chi connectivity index (χ1v) is 6.69. The van der Waals surface area contributed by atoms with E-state index >= 15 is 0 Å². The Labute approximate surface area is 106 Å². The molecule has 0 aromatic rings. The monoisotopic (exact) mass is 234 g/mol. The van der Waals surface area contributed by atoms with Gasteiger partial charge in [-0.3, -0.25) is 0 Å². The fourth-order valence-corrected chi connectivity index (χ4v) is 2.24. The molecule has 0 spiro atoms. The maximum atomic E-state index is 4.00. The molecular weight excluding hydrogens is 208 g/mol. The summed E-state index contributed by atoms with van der Waals surface area (Å²) in [5.41, 5.74) is 2.74. The Balaban J connectivity index is 3.00. The van der Waals surface area contributed by atoms with Crippen LogP contribution in [0.4, 0.5) is 0 Å². The molecule has 2 nitrogen and oxygen atoms in total. The van der Waals surface area contributed by atoms with E-state index in [0.717, 1.165) is 26.2 Å². The molecule has 2 heteroatoms. The molecule has 1 aliphatic heterocycles. The quantitative estimate of drug-likeness (QED) is 0.736. The van der Waals surface area contributed by atoms with Gasteiger partial charge in [-0.25, -0.2) is 0 Å². The summed E-state index contributed by atoms with van der Waals surface area (Å²) in [6.45, 7) is 14.9. The lowest BCUT2D eigenvalue weighted by molar-refractivity contribution is 0.303. The van der Waals surface area contributed by atoms with Crippen molar-refractivity contribution in [1.82, 2.24) is 10.2 Å². The van der Waals surface area contributed by atoms with Gasteiger partial charge >= 0.3 is 0 Å². The molecule has 1 unspecified atom stereocenters. The van der Waals surface area contributed by atoms with E-state index in [4.69, 9.17) is 0 Å². The molecule has 0 aromatic carbocycles. The van der Waals surface area contributed by atoms with Crippen LogP contribution in [0.5, 0.6) is 0 Å². The zero-order valence-electron chi connectivity index (χ0n) is 11.5. The highest BCUT2D eigenvalue weighted by Crippen LogP contribution is 2.23. The molecule has 1 aliphatic rings. The first kappa shape index (κ1) is 14.0. The van der Waals surface area contributed by atoms with Crippen molar-refractivity contribution in [2.24, 2.45) is 5.92 Å². The van der Waals surface area contributed by atoms with Crippen molar-refractivity contribution in [3.8, 4) is 0 Å². The van der Waals surface area contributed by atoms with E-state index in [0.29, 0.717) is 5.92 Å². The Morgan fingerprint density at radius 1 is 1.41 bits per heavy atom. The first-order chi connectivity index (χ1) is 8.24. The third-order valence-corrected chi connectivity index (χ3v) is 3.44. The Kier molecular flexibility index (Phi) is 6.06. The zero-order chi connectivity index (χ0) is 12.7. The van der Waals surface area contributed by atoms with Crippen LogP contribution in [0.2, 0.25) is 0 Å². The molecule has 1 saturated heterocycles. The van der Waals surface area contributed by atoms with E-state index in [1.54, 1.807) is 0 Å². The van der Waals surface area contributed by atoms with Crippen LogP contribution in [0.25, 0.3) is 0 Å². The minimum Gasteiger partial charge on any atom is -0.369 e. The number of hydrogen-bond donors (Lipinski definition) is 1. The van der Waals surface area contributed by atoms with Gasteiger partial charge in [-0.2, -0.15) is 0 Å². The second kappa shape index (κ2) is 7.33. The fourth-order valence-electron chi connectivity index (χ4n) is 2.24. The summed E-state index contributed by atoms with van der Waals surface area (Å²) in [7, 11) is 0. The van der Waals surface area contributed by atoms with Crippen LogP contribution < -0.4 is 5.32 Å². The second-order valence-electron chi connectivity index (χ2n) is 4.59. The van der Waals surface area contributed by atoms with E-state index < -0.39 is 0 Å². The largest absolute Gasteiger partial charge is 0.369 e. The van der Waals surface area contributed by atoms with E-state index in [9.17, 15) is 0 Å². The van der Waals surface area contributed by atoms with E-state index in [1.807, 2.05) is 6.08 Å². The maximum absolute atomic E-state index is 4.00. The van der Waals surface area contributed by atoms with Crippen molar-refractivity contribution in [3.05, 3.63) is 36.1 Å². The molecular formula is C15H26N2. The fraction of sp³-hybridized carbons (Fsp3) is 0.600. The molecule has 0 amide bonds. The van der Waals surface area contributed by atoms with Gasteiger partial charge in [0.25, 0.3) is 0 Å². The van der Waals surface area contributed by atoms with Crippen molar-refractivity contribution in [3.63, 3.8) is 0 Å². The van der Waals surface area contributed by atoms with Crippen molar-refractivity contribution < 1.29 is 0 Å². The lowest BCUT2D eigenvalue weighted by atomic mass is 9.95. The van der Waals surface area contributed by atoms with Gasteiger partial charge in [-0.1, -0.05) is 32.6 Å². The standard InChI is InChI=1S/C15H26N2/c1-5-8-14(13(4)6-2)15(7-3)17-11-9-16-10-12-17/h5,7-8,13,16H,3,6,9-12H2,1-2,4H3/b8-5-,15-14-. The molecule has 1 heterocycles. The summed E-state index contributed by atoms with van der Waals surface area (Å²) in [5, 5.41) is 3.39. The van der Waals surface area contributed by atoms with Crippen molar-refractivity contribution in [2.45, 2.75) is 27.2 Å². The smallest absolute Gasteiger partial charge is 0.0396 e. The van der Waals surface area contributed by atoms with Gasteiger partial charge in [-0.15, -0.1) is 0 Å². The second-order valence-corrected chi connectivity index (χ2v) is 4.59. The zero-order valence-corrected chi connectivity index (χ0v) is 11.5. The Bertz CT molecular complexity index is 296. The Hall–Kier alpha value is -1.02. The lowest BCUT2D eigenvalue weighted by Crippen LogP contribution is -2.43. The molecule has 0 saturated carbocycles. The van der Waals surface area contributed by atoms with Crippen LogP contribution in [0.1, 0.15) is 27.2 Å². The number of rotatable bonds is 5. The average Bonchev–Trinajstić information content (AvgIpc) is 2.39. The maximum Gasteiger partial charge on any atom is 0.0396 e. The average molecular weight is 234 g/mol. The van der Waals surface area contributed by atoms with Gasteiger partial charge in [0.05, 0.1) is 0 Å². The van der Waals surface area contributed by atoms with E-state index in [-0.39, 0.29) is 0 Å². The summed E-state index contributed by atoms with van der Waals surface area (Å²) >= 11 is 0. The van der Waals surface area contributed by atoms with Crippen LogP contribution in [0.3, 0.4) is 0 Å². The van der Waals surface area contributed by atoms with Crippen LogP contribution in [0.15, 0.2) is 36.1 Å². The third-order valence-electron chi connectivity index (χ3n) is 3.44. The molecule has 0 radical (unpaired) electrons. The Morgan fingerprint density at radius 2 is 2.06 bits per heavy atom. The first-order valence-electron chi connectivity index (χ1n) is 6.69. The number of allylic oxidation sites excluding steroid dienone is 4. The number of nitrogens with zero attached hydrogens (tertiary/aromatic N) is 1. The van der Waals surface area contributed by atoms with Gasteiger partial charge in [0.2, 0.25) is 0 Å². The predicted molar refractivity (Wildman–Crippen MR) is 75.9 cm³/mol. The summed E-state index contributed by atoms with van der Waals surface area (Å²) in [6, 6.07) is 0. The number of nitrogens with one attached hydrogen (secondary N) is 1. The topological polar surface area (TPSA) is 15.3 Å². The van der Waals surface area contributed by atoms with Crippen LogP contribution >= 0.6 is 0 Å². The van der Waals surface area contributed by atoms with Crippen LogP contribution in [-0.2, 0) is 0 Å². The summed E-state index contributed by atoms with van der Waals surface area (Å²) in [5.74, 6) is 0.592. The van der Waals surface area contributed by atoms with Gasteiger partial charge < -0.3 is 10.2 Å². The molecule has 1 atom stereocenters. The number of piperazine rings is 1. The minimum absolute atomic E-state index is 0.592. The van der Waals surface area contributed by atoms with Gasteiger partial charge in [0.15, 0.2) is 0 Å². The molecule has 0 bridgehead atoms. The third kappa shape index (κ3) is 3.74. The highest BCUT2D eigenvalue weighted by molar-refractivity contribution is 5.33. The van der Waals surface area contributed by atoms with E-state index in [1.165, 1.54) is 17.7 Å². The van der Waals surface area contributed by atoms with Gasteiger partial charge in [0, 0.05) is 31.9 Å². The summed E-state index contributed by atoms with van der Waals surface area (Å²) < 4.78 is 0. The van der Waals surface area contributed by atoms with Crippen molar-refractivity contribution in [1.29, 1.82) is 0 Å². The van der Waals surface area contributed by atoms with Gasteiger partial charge in [0.1, 0.15) is 0 Å². The molecule has 1 fully saturated rings. The summed E-state index contributed by atoms with van der Waals surface area (Å²) in [4.78, 5) is 2.45.